The summed E-state index contributed by atoms with van der Waals surface area (Å²) in [6, 6.07) is 7.20. The number of piperazine rings is 1. The third-order valence-electron chi connectivity index (χ3n) is 8.21. The first kappa shape index (κ1) is 19.7. The minimum Gasteiger partial charge on any atom is -0.330 e. The molecule has 1 aromatic rings. The average molecular weight is 431 g/mol. The van der Waals surface area contributed by atoms with Gasteiger partial charge in [-0.15, -0.1) is 0 Å². The molecule has 0 spiro atoms. The number of hydrogen-bond donors (Lipinski definition) is 1. The smallest absolute Gasteiger partial charge is 0.242 e. The van der Waals surface area contributed by atoms with Gasteiger partial charge in [-0.05, 0) is 43.6 Å². The maximum absolute atomic E-state index is 13.3. The highest BCUT2D eigenvalue weighted by molar-refractivity contribution is 5.87. The van der Waals surface area contributed by atoms with Crippen molar-refractivity contribution < 1.29 is 9.59 Å². The van der Waals surface area contributed by atoms with Gasteiger partial charge in [-0.2, -0.15) is 5.26 Å². The van der Waals surface area contributed by atoms with Crippen molar-refractivity contribution in [2.24, 2.45) is 11.7 Å². The molecule has 3 heterocycles. The Morgan fingerprint density at radius 1 is 1.31 bits per heavy atom. The van der Waals surface area contributed by atoms with E-state index >= 15 is 0 Å². The standard InChI is InChI=1S/C24H26N6O2/c1-27-15-3-4-18-13(6-15)2-5-20(18)30-17-9-22(24(30)32)28(11-17)12-19(26)23(31)29-16(10-25)7-14-8-21(14)29/h3-4,6,14,16-17,19-22H,2,5,7-9,11-12,26H2/t14-,16+,17?,19+,20-,21+,22+/m1/s1. The summed E-state index contributed by atoms with van der Waals surface area (Å²) in [5.74, 6) is 0.453. The van der Waals surface area contributed by atoms with Crippen LogP contribution in [0.15, 0.2) is 18.2 Å². The zero-order chi connectivity index (χ0) is 22.1. The van der Waals surface area contributed by atoms with Gasteiger partial charge in [-0.3, -0.25) is 14.5 Å². The SMILES string of the molecule is [C-]#[N+]c1ccc2c(c1)CC[C@H]2N1C(=O)[C@@H]2CC1CN2C[C@H](N)C(=O)N1[C@H](C#N)C[C@@H]2C[C@@H]21. The number of amides is 2. The Balaban J connectivity index is 1.13. The van der Waals surface area contributed by atoms with Gasteiger partial charge in [0.1, 0.15) is 6.04 Å². The molecule has 0 aromatic heterocycles. The zero-order valence-electron chi connectivity index (χ0n) is 17.9. The van der Waals surface area contributed by atoms with Crippen LogP contribution < -0.4 is 5.73 Å². The largest absolute Gasteiger partial charge is 0.330 e. The molecule has 5 aliphatic rings. The van der Waals surface area contributed by atoms with Crippen molar-refractivity contribution in [2.45, 2.75) is 68.4 Å². The van der Waals surface area contributed by atoms with Gasteiger partial charge in [0.15, 0.2) is 5.69 Å². The molecule has 6 rings (SSSR count). The number of nitriles is 1. The maximum Gasteiger partial charge on any atom is 0.242 e. The van der Waals surface area contributed by atoms with Crippen molar-refractivity contribution in [3.8, 4) is 6.07 Å². The molecular formula is C24H26N6O2. The third kappa shape index (κ3) is 2.80. The summed E-state index contributed by atoms with van der Waals surface area (Å²) in [5.41, 5.74) is 9.31. The molecule has 7 atom stereocenters. The molecule has 2 aliphatic carbocycles. The first-order chi connectivity index (χ1) is 15.5. The van der Waals surface area contributed by atoms with E-state index in [1.54, 1.807) is 4.90 Å². The maximum atomic E-state index is 13.3. The fourth-order valence-electron chi connectivity index (χ4n) is 6.65. The van der Waals surface area contributed by atoms with Gasteiger partial charge in [0, 0.05) is 25.2 Å². The minimum atomic E-state index is -0.704. The Labute approximate surface area is 187 Å². The number of nitrogens with zero attached hydrogens (tertiary/aromatic N) is 5. The first-order valence-corrected chi connectivity index (χ1v) is 11.5. The lowest BCUT2D eigenvalue weighted by atomic mass is 10.0. The molecule has 2 amide bonds. The highest BCUT2D eigenvalue weighted by atomic mass is 16.2. The van der Waals surface area contributed by atoms with Gasteiger partial charge in [0.2, 0.25) is 11.8 Å². The molecule has 4 fully saturated rings. The topological polar surface area (TPSA) is 98.0 Å². The molecule has 164 valence electrons. The number of rotatable bonds is 4. The summed E-state index contributed by atoms with van der Waals surface area (Å²) in [5, 5.41) is 9.38. The lowest BCUT2D eigenvalue weighted by molar-refractivity contribution is -0.141. The van der Waals surface area contributed by atoms with Crippen molar-refractivity contribution in [3.63, 3.8) is 0 Å². The van der Waals surface area contributed by atoms with Crippen LogP contribution in [0.25, 0.3) is 4.85 Å². The third-order valence-corrected chi connectivity index (χ3v) is 8.21. The summed E-state index contributed by atoms with van der Waals surface area (Å²) < 4.78 is 0. The molecule has 0 radical (unpaired) electrons. The number of likely N-dealkylation sites (tertiary alicyclic amines) is 3. The van der Waals surface area contributed by atoms with Crippen LogP contribution in [-0.2, 0) is 16.0 Å². The van der Waals surface area contributed by atoms with Crippen molar-refractivity contribution in [1.82, 2.24) is 14.7 Å². The number of nitrogens with two attached hydrogens (primary N) is 1. The second-order valence-corrected chi connectivity index (χ2v) is 9.95. The second kappa shape index (κ2) is 7.03. The molecule has 2 bridgehead atoms. The van der Waals surface area contributed by atoms with Crippen molar-refractivity contribution in [1.29, 1.82) is 5.26 Å². The van der Waals surface area contributed by atoms with E-state index in [0.717, 1.165) is 38.6 Å². The molecule has 8 heteroatoms. The normalized spacial score (nSPS) is 35.4. The van der Waals surface area contributed by atoms with E-state index in [1.807, 2.05) is 18.2 Å². The number of benzene rings is 1. The first-order valence-electron chi connectivity index (χ1n) is 11.5. The predicted molar refractivity (Wildman–Crippen MR) is 115 cm³/mol. The van der Waals surface area contributed by atoms with Gasteiger partial charge in [-0.25, -0.2) is 4.85 Å². The number of aryl methyl sites for hydroxylation is 1. The Hall–Kier alpha value is -2.94. The summed E-state index contributed by atoms with van der Waals surface area (Å²) in [7, 11) is 0. The highest BCUT2D eigenvalue weighted by Gasteiger charge is 2.56. The van der Waals surface area contributed by atoms with Gasteiger partial charge in [-0.1, -0.05) is 23.8 Å². The van der Waals surface area contributed by atoms with E-state index in [1.165, 1.54) is 11.1 Å². The van der Waals surface area contributed by atoms with Crippen LogP contribution in [0, 0.1) is 23.8 Å². The lowest BCUT2D eigenvalue weighted by Gasteiger charge is -2.38. The van der Waals surface area contributed by atoms with Crippen molar-refractivity contribution >= 4 is 17.5 Å². The van der Waals surface area contributed by atoms with Crippen molar-refractivity contribution in [2.75, 3.05) is 13.1 Å². The Bertz CT molecular complexity index is 1090. The van der Waals surface area contributed by atoms with Crippen LogP contribution >= 0.6 is 0 Å². The molecular weight excluding hydrogens is 404 g/mol. The molecule has 2 N–H and O–H groups in total. The number of carbonyl (C=O) groups excluding carboxylic acids is 2. The van der Waals surface area contributed by atoms with E-state index in [2.05, 4.69) is 20.7 Å². The number of hydrogen-bond acceptors (Lipinski definition) is 5. The Morgan fingerprint density at radius 2 is 2.16 bits per heavy atom. The molecule has 8 nitrogen and oxygen atoms in total. The van der Waals surface area contributed by atoms with Gasteiger partial charge in [0.25, 0.3) is 0 Å². The molecule has 1 saturated carbocycles. The van der Waals surface area contributed by atoms with E-state index in [4.69, 9.17) is 12.3 Å². The fraction of sp³-hybridized carbons (Fsp3) is 0.583. The van der Waals surface area contributed by atoms with E-state index in [0.29, 0.717) is 18.2 Å². The predicted octanol–water partition coefficient (Wildman–Crippen LogP) is 1.35. The minimum absolute atomic E-state index is 0.0810. The van der Waals surface area contributed by atoms with Gasteiger partial charge >= 0.3 is 0 Å². The quantitative estimate of drug-likeness (QED) is 0.727. The fourth-order valence-corrected chi connectivity index (χ4v) is 6.65. The summed E-state index contributed by atoms with van der Waals surface area (Å²) in [6.07, 6.45) is 4.32. The summed E-state index contributed by atoms with van der Waals surface area (Å²) in [6.45, 7) is 8.32. The molecule has 3 aliphatic heterocycles. The van der Waals surface area contributed by atoms with Crippen LogP contribution in [0.5, 0.6) is 0 Å². The van der Waals surface area contributed by atoms with Crippen molar-refractivity contribution in [3.05, 3.63) is 40.7 Å². The Morgan fingerprint density at radius 3 is 2.91 bits per heavy atom. The highest BCUT2D eigenvalue weighted by Crippen LogP contribution is 2.48. The second-order valence-electron chi connectivity index (χ2n) is 9.95. The Kier molecular flexibility index (Phi) is 4.33. The zero-order valence-corrected chi connectivity index (χ0v) is 17.9. The number of carbonyl (C=O) groups is 2. The molecule has 3 saturated heterocycles. The van der Waals surface area contributed by atoms with Crippen LogP contribution in [0.4, 0.5) is 5.69 Å². The molecule has 1 unspecified atom stereocenters. The monoisotopic (exact) mass is 430 g/mol. The summed E-state index contributed by atoms with van der Waals surface area (Å²) in [4.78, 5) is 35.7. The number of fused-ring (bicyclic) bond motifs is 4. The van der Waals surface area contributed by atoms with Crippen LogP contribution in [0.2, 0.25) is 0 Å². The van der Waals surface area contributed by atoms with Crippen LogP contribution in [-0.4, -0.2) is 69.8 Å². The van der Waals surface area contributed by atoms with E-state index < -0.39 is 6.04 Å². The van der Waals surface area contributed by atoms with E-state index in [9.17, 15) is 14.9 Å². The van der Waals surface area contributed by atoms with Gasteiger partial charge in [0.05, 0.1) is 30.8 Å². The van der Waals surface area contributed by atoms with Crippen LogP contribution in [0.1, 0.15) is 42.9 Å². The molecule has 32 heavy (non-hydrogen) atoms. The lowest BCUT2D eigenvalue weighted by Crippen LogP contribution is -2.57. The summed E-state index contributed by atoms with van der Waals surface area (Å²) >= 11 is 0. The number of piperidine rings is 1. The van der Waals surface area contributed by atoms with Gasteiger partial charge < -0.3 is 15.5 Å². The van der Waals surface area contributed by atoms with E-state index in [-0.39, 0.29) is 42.0 Å². The average Bonchev–Trinajstić information content (AvgIpc) is 3.14. The van der Waals surface area contributed by atoms with Crippen LogP contribution in [0.3, 0.4) is 0 Å². The molecule has 1 aromatic carbocycles.